The van der Waals surface area contributed by atoms with Crippen molar-refractivity contribution in [3.63, 3.8) is 0 Å². The first kappa shape index (κ1) is 14.8. The molecule has 20 heavy (non-hydrogen) atoms. The normalized spacial score (nSPS) is 10.8. The lowest BCUT2D eigenvalue weighted by atomic mass is 10.3. The highest BCUT2D eigenvalue weighted by Crippen LogP contribution is 2.23. The van der Waals surface area contributed by atoms with Crippen LogP contribution in [0, 0.1) is 0 Å². The molecule has 0 unspecified atom stereocenters. The van der Waals surface area contributed by atoms with Crippen molar-refractivity contribution in [2.75, 3.05) is 26.0 Å². The van der Waals surface area contributed by atoms with E-state index in [1.807, 2.05) is 28.8 Å². The van der Waals surface area contributed by atoms with Gasteiger partial charge in [0.05, 0.1) is 13.7 Å². The fourth-order valence-corrected chi connectivity index (χ4v) is 2.52. The van der Waals surface area contributed by atoms with Gasteiger partial charge >= 0.3 is 0 Å². The number of methoxy groups -OCH3 is 1. The molecule has 0 saturated heterocycles. The van der Waals surface area contributed by atoms with Crippen LogP contribution >= 0.6 is 11.8 Å². The Balaban J connectivity index is 2.36. The second-order valence-corrected chi connectivity index (χ2v) is 5.11. The second kappa shape index (κ2) is 7.28. The Morgan fingerprint density at radius 2 is 2.05 bits per heavy atom. The molecule has 1 heterocycles. The van der Waals surface area contributed by atoms with Gasteiger partial charge in [0.2, 0.25) is 0 Å². The molecule has 1 aromatic carbocycles. The average Bonchev–Trinajstić information content (AvgIpc) is 2.88. The van der Waals surface area contributed by atoms with Crippen LogP contribution in [0.2, 0.25) is 0 Å². The Labute approximate surface area is 122 Å². The molecule has 2 aromatic rings. The maximum atomic E-state index is 8.95. The summed E-state index contributed by atoms with van der Waals surface area (Å²) in [4.78, 5) is 0. The van der Waals surface area contributed by atoms with Crippen LogP contribution in [0.4, 0.5) is 0 Å². The summed E-state index contributed by atoms with van der Waals surface area (Å²) >= 11 is 1.47. The number of nitrogens with two attached hydrogens (primary N) is 1. The summed E-state index contributed by atoms with van der Waals surface area (Å²) in [6, 6.07) is 7.68. The Morgan fingerprint density at radius 1 is 1.30 bits per heavy atom. The van der Waals surface area contributed by atoms with Crippen LogP contribution in [0.25, 0.3) is 5.69 Å². The molecule has 6 nitrogen and oxygen atoms in total. The van der Waals surface area contributed by atoms with Crippen molar-refractivity contribution in [3.8, 4) is 11.4 Å². The van der Waals surface area contributed by atoms with Crippen LogP contribution in [-0.4, -0.2) is 45.9 Å². The van der Waals surface area contributed by atoms with Crippen molar-refractivity contribution in [2.45, 2.75) is 11.6 Å². The lowest BCUT2D eigenvalue weighted by Gasteiger charge is -2.10. The lowest BCUT2D eigenvalue weighted by molar-refractivity contribution is 0.322. The van der Waals surface area contributed by atoms with Crippen molar-refractivity contribution in [1.29, 1.82) is 0 Å². The molecular weight excluding hydrogens is 276 g/mol. The summed E-state index contributed by atoms with van der Waals surface area (Å²) in [5.41, 5.74) is 6.57. The fourth-order valence-electron chi connectivity index (χ4n) is 1.81. The zero-order chi connectivity index (χ0) is 14.4. The molecule has 0 aliphatic heterocycles. The van der Waals surface area contributed by atoms with Crippen LogP contribution in [0.3, 0.4) is 0 Å². The topological polar surface area (TPSA) is 86.2 Å². The molecule has 0 atom stereocenters. The van der Waals surface area contributed by atoms with E-state index < -0.39 is 0 Å². The Kier molecular flexibility index (Phi) is 5.40. The fraction of sp³-hybridized carbons (Fsp3) is 0.385. The predicted molar refractivity (Wildman–Crippen MR) is 78.5 cm³/mol. The van der Waals surface area contributed by atoms with E-state index in [-0.39, 0.29) is 6.61 Å². The molecule has 0 aliphatic rings. The van der Waals surface area contributed by atoms with Crippen LogP contribution in [-0.2, 0) is 6.42 Å². The number of nitrogens with zero attached hydrogens (tertiary/aromatic N) is 3. The molecule has 0 amide bonds. The van der Waals surface area contributed by atoms with Crippen LogP contribution in [0.15, 0.2) is 29.4 Å². The molecule has 3 N–H and O–H groups in total. The lowest BCUT2D eigenvalue weighted by Crippen LogP contribution is -2.09. The highest BCUT2D eigenvalue weighted by molar-refractivity contribution is 7.99. The summed E-state index contributed by atoms with van der Waals surface area (Å²) in [7, 11) is 1.64. The van der Waals surface area contributed by atoms with Gasteiger partial charge < -0.3 is 15.6 Å². The van der Waals surface area contributed by atoms with Crippen molar-refractivity contribution in [2.24, 2.45) is 5.73 Å². The number of rotatable bonds is 7. The molecule has 0 fully saturated rings. The van der Waals surface area contributed by atoms with E-state index in [1.54, 1.807) is 7.11 Å². The maximum Gasteiger partial charge on any atom is 0.195 e. The van der Waals surface area contributed by atoms with Crippen LogP contribution in [0.1, 0.15) is 5.82 Å². The van der Waals surface area contributed by atoms with Crippen LogP contribution < -0.4 is 10.5 Å². The van der Waals surface area contributed by atoms with Crippen molar-refractivity contribution >= 4 is 11.8 Å². The largest absolute Gasteiger partial charge is 0.497 e. The second-order valence-electron chi connectivity index (χ2n) is 4.04. The van der Waals surface area contributed by atoms with Gasteiger partial charge in [0, 0.05) is 17.9 Å². The molecular formula is C13H18N4O2S. The number of ether oxygens (including phenoxy) is 1. The highest BCUT2D eigenvalue weighted by Gasteiger charge is 2.13. The summed E-state index contributed by atoms with van der Waals surface area (Å²) in [6.45, 7) is 0.616. The number of aliphatic hydroxyl groups is 1. The van der Waals surface area contributed by atoms with E-state index in [9.17, 15) is 0 Å². The van der Waals surface area contributed by atoms with Gasteiger partial charge in [-0.25, -0.2) is 0 Å². The summed E-state index contributed by atoms with van der Waals surface area (Å²) in [5, 5.41) is 18.1. The molecule has 0 bridgehead atoms. The average molecular weight is 294 g/mol. The Hall–Kier alpha value is -1.57. The molecule has 7 heteroatoms. The molecule has 1 aromatic heterocycles. The number of aromatic nitrogens is 3. The first-order chi connectivity index (χ1) is 9.80. The van der Waals surface area contributed by atoms with E-state index in [2.05, 4.69) is 10.2 Å². The first-order valence-electron chi connectivity index (χ1n) is 6.32. The van der Waals surface area contributed by atoms with E-state index in [0.717, 1.165) is 22.4 Å². The van der Waals surface area contributed by atoms with E-state index in [0.29, 0.717) is 18.7 Å². The minimum absolute atomic E-state index is 0.104. The van der Waals surface area contributed by atoms with Gasteiger partial charge in [0.1, 0.15) is 11.6 Å². The third-order valence-electron chi connectivity index (χ3n) is 2.72. The molecule has 0 radical (unpaired) electrons. The third kappa shape index (κ3) is 3.30. The predicted octanol–water partition coefficient (Wildman–Crippen LogP) is 0.861. The standard InChI is InChI=1S/C13H18N4O2S/c1-19-11-4-2-10(3-5-11)17-12(6-7-14)15-16-13(17)20-9-8-18/h2-5,18H,6-9,14H2,1H3. The van der Waals surface area contributed by atoms with Gasteiger partial charge in [-0.2, -0.15) is 0 Å². The Morgan fingerprint density at radius 3 is 2.65 bits per heavy atom. The zero-order valence-corrected chi connectivity index (χ0v) is 12.1. The van der Waals surface area contributed by atoms with Gasteiger partial charge in [-0.15, -0.1) is 10.2 Å². The smallest absolute Gasteiger partial charge is 0.195 e. The van der Waals surface area contributed by atoms with Crippen LogP contribution in [0.5, 0.6) is 5.75 Å². The highest BCUT2D eigenvalue weighted by atomic mass is 32.2. The molecule has 0 aliphatic carbocycles. The summed E-state index contributed by atoms with van der Waals surface area (Å²) < 4.78 is 7.13. The van der Waals surface area contributed by atoms with Crippen molar-refractivity contribution in [3.05, 3.63) is 30.1 Å². The molecule has 0 spiro atoms. The number of hydrogen-bond donors (Lipinski definition) is 2. The van der Waals surface area contributed by atoms with Gasteiger partial charge in [0.25, 0.3) is 0 Å². The minimum atomic E-state index is 0.104. The van der Waals surface area contributed by atoms with Crippen molar-refractivity contribution in [1.82, 2.24) is 14.8 Å². The third-order valence-corrected chi connectivity index (χ3v) is 3.63. The van der Waals surface area contributed by atoms with E-state index >= 15 is 0 Å². The Bertz CT molecular complexity index is 542. The SMILES string of the molecule is COc1ccc(-n2c(CCN)nnc2SCCO)cc1. The zero-order valence-electron chi connectivity index (χ0n) is 11.3. The van der Waals surface area contributed by atoms with Gasteiger partial charge in [0.15, 0.2) is 5.16 Å². The number of benzene rings is 1. The van der Waals surface area contributed by atoms with Gasteiger partial charge in [-0.1, -0.05) is 11.8 Å². The first-order valence-corrected chi connectivity index (χ1v) is 7.31. The number of thioether (sulfide) groups is 1. The summed E-state index contributed by atoms with van der Waals surface area (Å²) in [6.07, 6.45) is 0.652. The van der Waals surface area contributed by atoms with Gasteiger partial charge in [-0.05, 0) is 30.8 Å². The number of hydrogen-bond acceptors (Lipinski definition) is 6. The van der Waals surface area contributed by atoms with E-state index in [1.165, 1.54) is 11.8 Å². The number of aliphatic hydroxyl groups excluding tert-OH is 1. The minimum Gasteiger partial charge on any atom is -0.497 e. The quantitative estimate of drug-likeness (QED) is 0.737. The molecule has 0 saturated carbocycles. The molecule has 2 rings (SSSR count). The monoisotopic (exact) mass is 294 g/mol. The van der Waals surface area contributed by atoms with Gasteiger partial charge in [-0.3, -0.25) is 4.57 Å². The maximum absolute atomic E-state index is 8.95. The van der Waals surface area contributed by atoms with Crippen molar-refractivity contribution < 1.29 is 9.84 Å². The van der Waals surface area contributed by atoms with E-state index in [4.69, 9.17) is 15.6 Å². The molecule has 108 valence electrons. The summed E-state index contributed by atoms with van der Waals surface area (Å²) in [5.74, 6) is 2.20.